The summed E-state index contributed by atoms with van der Waals surface area (Å²) >= 11 is 6.05. The average Bonchev–Trinajstić information content (AvgIpc) is 3.45. The topological polar surface area (TPSA) is 69.0 Å². The van der Waals surface area contributed by atoms with Crippen LogP contribution in [-0.2, 0) is 7.05 Å². The van der Waals surface area contributed by atoms with E-state index in [1.807, 2.05) is 42.8 Å². The van der Waals surface area contributed by atoms with Crippen molar-refractivity contribution in [2.75, 3.05) is 0 Å². The fraction of sp³-hybridized carbons (Fsp3) is 0.409. The van der Waals surface area contributed by atoms with E-state index in [1.165, 1.54) is 6.42 Å². The van der Waals surface area contributed by atoms with Crippen LogP contribution in [0.15, 0.2) is 36.7 Å². The monoisotopic (exact) mass is 414 g/mol. The van der Waals surface area contributed by atoms with Crippen LogP contribution in [0.3, 0.4) is 0 Å². The lowest BCUT2D eigenvalue weighted by Crippen LogP contribution is -2.28. The Hall–Kier alpha value is -2.60. The number of carbonyl (C=O) groups excluding carboxylic acids is 1. The molecule has 1 fully saturated rings. The standard InChI is InChI=1S/C19H19ClN4O2.C3H8/c1-11(13-9-21-19(22-10-13)26-15-5-6-15)23-18(25)17-7-12-3-4-14(20)8-16(12)24(17)2;1-3-2/h3-4,7-11,15H,5-6H2,1-2H3,(H,23,25);3H2,1-2H3. The maximum Gasteiger partial charge on any atom is 0.316 e. The van der Waals surface area contributed by atoms with Crippen LogP contribution >= 0.6 is 11.6 Å². The van der Waals surface area contributed by atoms with Gasteiger partial charge in [-0.15, -0.1) is 0 Å². The normalized spacial score (nSPS) is 14.1. The lowest BCUT2D eigenvalue weighted by atomic mass is 10.2. The SMILES string of the molecule is CC(NC(=O)c1cc2ccc(Cl)cc2n1C)c1cnc(OC2CC2)nc1.CCC. The maximum atomic E-state index is 12.7. The number of hydrogen-bond donors (Lipinski definition) is 1. The van der Waals surface area contributed by atoms with Crippen molar-refractivity contribution in [3.05, 3.63) is 52.9 Å². The second-order valence-electron chi connectivity index (χ2n) is 7.31. The molecule has 1 aliphatic carbocycles. The first-order valence-electron chi connectivity index (χ1n) is 9.97. The van der Waals surface area contributed by atoms with Crippen molar-refractivity contribution in [2.24, 2.45) is 7.05 Å². The first-order chi connectivity index (χ1) is 13.9. The summed E-state index contributed by atoms with van der Waals surface area (Å²) in [4.78, 5) is 21.1. The van der Waals surface area contributed by atoms with E-state index in [-0.39, 0.29) is 18.1 Å². The van der Waals surface area contributed by atoms with Gasteiger partial charge in [0.15, 0.2) is 0 Å². The summed E-state index contributed by atoms with van der Waals surface area (Å²) in [6, 6.07) is 7.60. The molecule has 0 radical (unpaired) electrons. The summed E-state index contributed by atoms with van der Waals surface area (Å²) in [7, 11) is 1.85. The Labute approximate surface area is 176 Å². The predicted molar refractivity (Wildman–Crippen MR) is 115 cm³/mol. The van der Waals surface area contributed by atoms with Crippen molar-refractivity contribution in [2.45, 2.75) is 52.2 Å². The van der Waals surface area contributed by atoms with Crippen molar-refractivity contribution in [1.82, 2.24) is 19.9 Å². The van der Waals surface area contributed by atoms with Crippen molar-refractivity contribution >= 4 is 28.4 Å². The lowest BCUT2D eigenvalue weighted by Gasteiger charge is -2.14. The molecule has 1 unspecified atom stereocenters. The van der Waals surface area contributed by atoms with Crippen LogP contribution in [0.2, 0.25) is 5.02 Å². The van der Waals surface area contributed by atoms with Crippen molar-refractivity contribution < 1.29 is 9.53 Å². The molecule has 2 aromatic heterocycles. The molecule has 154 valence electrons. The minimum atomic E-state index is -0.223. The van der Waals surface area contributed by atoms with Crippen molar-refractivity contribution in [1.29, 1.82) is 0 Å². The zero-order valence-electron chi connectivity index (χ0n) is 17.3. The first kappa shape index (κ1) is 21.1. The molecule has 4 rings (SSSR count). The van der Waals surface area contributed by atoms with Crippen LogP contribution in [0, 0.1) is 0 Å². The molecule has 2 heterocycles. The molecule has 3 aromatic rings. The second kappa shape index (κ2) is 9.27. The predicted octanol–water partition coefficient (Wildman–Crippen LogP) is 5.07. The third-order valence-corrected chi connectivity index (χ3v) is 4.77. The second-order valence-corrected chi connectivity index (χ2v) is 7.75. The van der Waals surface area contributed by atoms with Gasteiger partial charge in [-0.25, -0.2) is 9.97 Å². The first-order valence-corrected chi connectivity index (χ1v) is 10.3. The molecule has 1 saturated carbocycles. The van der Waals surface area contributed by atoms with Gasteiger partial charge in [0, 0.05) is 40.9 Å². The number of aromatic nitrogens is 3. The molecule has 29 heavy (non-hydrogen) atoms. The Morgan fingerprint density at radius 1 is 1.28 bits per heavy atom. The van der Waals surface area contributed by atoms with Crippen LogP contribution in [0.25, 0.3) is 10.9 Å². The van der Waals surface area contributed by atoms with E-state index >= 15 is 0 Å². The van der Waals surface area contributed by atoms with Gasteiger partial charge in [0.1, 0.15) is 11.8 Å². The number of hydrogen-bond acceptors (Lipinski definition) is 4. The minimum absolute atomic E-state index is 0.161. The van der Waals surface area contributed by atoms with E-state index in [0.29, 0.717) is 16.7 Å². The van der Waals surface area contributed by atoms with E-state index in [2.05, 4.69) is 29.1 Å². The Balaban J connectivity index is 0.000000755. The quantitative estimate of drug-likeness (QED) is 0.632. The van der Waals surface area contributed by atoms with E-state index < -0.39 is 0 Å². The summed E-state index contributed by atoms with van der Waals surface area (Å²) in [6.07, 6.45) is 7.02. The third kappa shape index (κ3) is 5.26. The Bertz CT molecular complexity index is 980. The number of ether oxygens (including phenoxy) is 1. The number of carbonyl (C=O) groups is 1. The molecule has 1 aromatic carbocycles. The van der Waals surface area contributed by atoms with Crippen LogP contribution in [-0.4, -0.2) is 26.5 Å². The minimum Gasteiger partial charge on any atom is -0.460 e. The van der Waals surface area contributed by atoms with Gasteiger partial charge in [-0.2, -0.15) is 0 Å². The molecule has 0 saturated heterocycles. The molecular formula is C22H27ClN4O2. The molecule has 1 atom stereocenters. The Morgan fingerprint density at radius 2 is 1.93 bits per heavy atom. The number of aryl methyl sites for hydroxylation is 1. The largest absolute Gasteiger partial charge is 0.460 e. The zero-order valence-corrected chi connectivity index (χ0v) is 18.0. The van der Waals surface area contributed by atoms with Crippen molar-refractivity contribution in [3.8, 4) is 6.01 Å². The molecular weight excluding hydrogens is 388 g/mol. The van der Waals surface area contributed by atoms with Gasteiger partial charge in [0.25, 0.3) is 5.91 Å². The van der Waals surface area contributed by atoms with E-state index in [4.69, 9.17) is 16.3 Å². The molecule has 0 spiro atoms. The smallest absolute Gasteiger partial charge is 0.316 e. The van der Waals surface area contributed by atoms with Gasteiger partial charge in [-0.3, -0.25) is 4.79 Å². The Morgan fingerprint density at radius 3 is 2.55 bits per heavy atom. The molecule has 0 aliphatic heterocycles. The summed E-state index contributed by atoms with van der Waals surface area (Å²) in [5.41, 5.74) is 2.31. The summed E-state index contributed by atoms with van der Waals surface area (Å²) in [6.45, 7) is 6.15. The molecule has 1 N–H and O–H groups in total. The number of halogens is 1. The van der Waals surface area contributed by atoms with Gasteiger partial charge in [0.05, 0.1) is 6.04 Å². The van der Waals surface area contributed by atoms with E-state index in [9.17, 15) is 4.79 Å². The van der Waals surface area contributed by atoms with Crippen LogP contribution in [0.1, 0.15) is 62.1 Å². The fourth-order valence-corrected chi connectivity index (χ4v) is 2.99. The lowest BCUT2D eigenvalue weighted by molar-refractivity contribution is 0.0932. The van der Waals surface area contributed by atoms with Crippen LogP contribution in [0.4, 0.5) is 0 Å². The van der Waals surface area contributed by atoms with Crippen LogP contribution < -0.4 is 10.1 Å². The molecule has 7 heteroatoms. The number of amides is 1. The third-order valence-electron chi connectivity index (χ3n) is 4.53. The van der Waals surface area contributed by atoms with Gasteiger partial charge in [-0.05, 0) is 38.0 Å². The number of nitrogens with zero attached hydrogens (tertiary/aromatic N) is 3. The molecule has 1 aliphatic rings. The van der Waals surface area contributed by atoms with Crippen LogP contribution in [0.5, 0.6) is 6.01 Å². The highest BCUT2D eigenvalue weighted by Crippen LogP contribution is 2.25. The van der Waals surface area contributed by atoms with Gasteiger partial charge < -0.3 is 14.6 Å². The summed E-state index contributed by atoms with van der Waals surface area (Å²) in [5.74, 6) is -0.161. The van der Waals surface area contributed by atoms with E-state index in [1.54, 1.807) is 12.4 Å². The highest BCUT2D eigenvalue weighted by atomic mass is 35.5. The number of nitrogens with one attached hydrogen (secondary N) is 1. The number of rotatable bonds is 5. The van der Waals surface area contributed by atoms with Gasteiger partial charge in [-0.1, -0.05) is 37.9 Å². The molecule has 0 bridgehead atoms. The van der Waals surface area contributed by atoms with E-state index in [0.717, 1.165) is 29.3 Å². The number of fused-ring (bicyclic) bond motifs is 1. The number of benzene rings is 1. The molecule has 1 amide bonds. The van der Waals surface area contributed by atoms with Gasteiger partial charge >= 0.3 is 6.01 Å². The fourth-order valence-electron chi connectivity index (χ4n) is 2.82. The molecule has 6 nitrogen and oxygen atoms in total. The zero-order chi connectivity index (χ0) is 21.0. The summed E-state index contributed by atoms with van der Waals surface area (Å²) < 4.78 is 7.39. The highest BCUT2D eigenvalue weighted by Gasteiger charge is 2.24. The summed E-state index contributed by atoms with van der Waals surface area (Å²) in [5, 5.41) is 4.60. The Kier molecular flexibility index (Phi) is 6.75. The van der Waals surface area contributed by atoms with Crippen molar-refractivity contribution in [3.63, 3.8) is 0 Å². The highest BCUT2D eigenvalue weighted by molar-refractivity contribution is 6.31. The van der Waals surface area contributed by atoms with Gasteiger partial charge in [0.2, 0.25) is 0 Å². The maximum absolute atomic E-state index is 12.7. The average molecular weight is 415 g/mol.